The van der Waals surface area contributed by atoms with Gasteiger partial charge in [0.15, 0.2) is 0 Å². The van der Waals surface area contributed by atoms with Crippen molar-refractivity contribution in [2.75, 3.05) is 7.11 Å². The zero-order valence-electron chi connectivity index (χ0n) is 11.3. The number of carbonyl (C=O) groups excluding carboxylic acids is 1. The van der Waals surface area contributed by atoms with Gasteiger partial charge in [-0.2, -0.15) is 0 Å². The van der Waals surface area contributed by atoms with Crippen molar-refractivity contribution >= 4 is 5.97 Å². The number of hydrogen-bond donors (Lipinski definition) is 1. The number of rotatable bonds is 6. The normalized spacial score (nSPS) is 12.5. The highest BCUT2D eigenvalue weighted by atomic mass is 16.5. The lowest BCUT2D eigenvalue weighted by atomic mass is 9.99. The molecule has 0 aliphatic rings. The van der Waals surface area contributed by atoms with Gasteiger partial charge in [0.1, 0.15) is 0 Å². The largest absolute Gasteiger partial charge is 0.465 e. The van der Waals surface area contributed by atoms with E-state index >= 15 is 0 Å². The summed E-state index contributed by atoms with van der Waals surface area (Å²) in [5, 5.41) is 10.1. The van der Waals surface area contributed by atoms with E-state index in [1.165, 1.54) is 7.11 Å². The van der Waals surface area contributed by atoms with Crippen LogP contribution in [-0.2, 0) is 4.74 Å². The summed E-state index contributed by atoms with van der Waals surface area (Å²) in [5.74, 6) is 0.282. The molecule has 0 amide bonds. The summed E-state index contributed by atoms with van der Waals surface area (Å²) in [7, 11) is 1.36. The Labute approximate surface area is 109 Å². The quantitative estimate of drug-likeness (QED) is 0.788. The standard InChI is InChI=1S/C15H22O3/c1-11(2)6-4-9-14(16)12-7-5-8-13(10-12)15(17)18-3/h5,7-8,10-11,14,16H,4,6,9H2,1-3H3. The summed E-state index contributed by atoms with van der Waals surface area (Å²) >= 11 is 0. The fraction of sp³-hybridized carbons (Fsp3) is 0.533. The van der Waals surface area contributed by atoms with Gasteiger partial charge < -0.3 is 9.84 Å². The van der Waals surface area contributed by atoms with Crippen molar-refractivity contribution in [3.8, 4) is 0 Å². The number of methoxy groups -OCH3 is 1. The van der Waals surface area contributed by atoms with Crippen LogP contribution in [0, 0.1) is 5.92 Å². The summed E-state index contributed by atoms with van der Waals surface area (Å²) in [6.45, 7) is 4.34. The molecule has 1 aromatic rings. The Morgan fingerprint density at radius 2 is 2.06 bits per heavy atom. The first-order chi connectivity index (χ1) is 8.54. The molecule has 1 atom stereocenters. The van der Waals surface area contributed by atoms with Crippen LogP contribution < -0.4 is 0 Å². The van der Waals surface area contributed by atoms with Crippen LogP contribution in [-0.4, -0.2) is 18.2 Å². The van der Waals surface area contributed by atoms with E-state index in [9.17, 15) is 9.90 Å². The average Bonchev–Trinajstić information content (AvgIpc) is 2.37. The van der Waals surface area contributed by atoms with Gasteiger partial charge in [-0.15, -0.1) is 0 Å². The average molecular weight is 250 g/mol. The molecule has 3 nitrogen and oxygen atoms in total. The van der Waals surface area contributed by atoms with E-state index in [-0.39, 0.29) is 5.97 Å². The first-order valence-electron chi connectivity index (χ1n) is 6.41. The SMILES string of the molecule is COC(=O)c1cccc(C(O)CCCC(C)C)c1. The highest BCUT2D eigenvalue weighted by Gasteiger charge is 2.11. The van der Waals surface area contributed by atoms with Crippen LogP contribution in [0.4, 0.5) is 0 Å². The van der Waals surface area contributed by atoms with E-state index < -0.39 is 6.10 Å². The maximum Gasteiger partial charge on any atom is 0.337 e. The maximum atomic E-state index is 11.4. The molecule has 1 rings (SSSR count). The van der Waals surface area contributed by atoms with E-state index in [1.54, 1.807) is 18.2 Å². The number of benzene rings is 1. The number of hydrogen-bond acceptors (Lipinski definition) is 3. The van der Waals surface area contributed by atoms with E-state index in [2.05, 4.69) is 18.6 Å². The second kappa shape index (κ2) is 7.17. The molecule has 1 aromatic carbocycles. The lowest BCUT2D eigenvalue weighted by molar-refractivity contribution is 0.0600. The minimum Gasteiger partial charge on any atom is -0.465 e. The third-order valence-corrected chi connectivity index (χ3v) is 2.95. The van der Waals surface area contributed by atoms with Gasteiger partial charge in [-0.05, 0) is 30.0 Å². The zero-order valence-corrected chi connectivity index (χ0v) is 11.3. The number of esters is 1. The molecule has 0 fully saturated rings. The molecular formula is C15H22O3. The van der Waals surface area contributed by atoms with Crippen molar-refractivity contribution in [1.29, 1.82) is 0 Å². The van der Waals surface area contributed by atoms with Crippen LogP contribution >= 0.6 is 0 Å². The van der Waals surface area contributed by atoms with Crippen LogP contribution in [0.1, 0.15) is 55.1 Å². The highest BCUT2D eigenvalue weighted by Crippen LogP contribution is 2.21. The van der Waals surface area contributed by atoms with Gasteiger partial charge in [0.05, 0.1) is 18.8 Å². The Morgan fingerprint density at radius 3 is 2.67 bits per heavy atom. The Bertz CT molecular complexity index is 385. The van der Waals surface area contributed by atoms with Gasteiger partial charge in [0.25, 0.3) is 0 Å². The van der Waals surface area contributed by atoms with E-state index in [0.29, 0.717) is 11.5 Å². The number of aliphatic hydroxyl groups is 1. The lowest BCUT2D eigenvalue weighted by Crippen LogP contribution is -2.04. The Balaban J connectivity index is 2.62. The molecule has 0 saturated heterocycles. The molecule has 0 saturated carbocycles. The first-order valence-corrected chi connectivity index (χ1v) is 6.41. The third kappa shape index (κ3) is 4.49. The van der Waals surface area contributed by atoms with Crippen LogP contribution in [0.25, 0.3) is 0 Å². The second-order valence-corrected chi connectivity index (χ2v) is 4.96. The van der Waals surface area contributed by atoms with Gasteiger partial charge in [-0.1, -0.05) is 38.8 Å². The molecule has 100 valence electrons. The number of ether oxygens (including phenoxy) is 1. The fourth-order valence-electron chi connectivity index (χ4n) is 1.88. The Morgan fingerprint density at radius 1 is 1.33 bits per heavy atom. The van der Waals surface area contributed by atoms with Crippen molar-refractivity contribution in [2.45, 2.75) is 39.2 Å². The summed E-state index contributed by atoms with van der Waals surface area (Å²) in [6, 6.07) is 7.00. The van der Waals surface area contributed by atoms with Crippen LogP contribution in [0.2, 0.25) is 0 Å². The van der Waals surface area contributed by atoms with Crippen LogP contribution in [0.3, 0.4) is 0 Å². The third-order valence-electron chi connectivity index (χ3n) is 2.95. The Hall–Kier alpha value is -1.35. The van der Waals surface area contributed by atoms with Crippen molar-refractivity contribution in [3.63, 3.8) is 0 Å². The van der Waals surface area contributed by atoms with Gasteiger partial charge in [0, 0.05) is 0 Å². The van der Waals surface area contributed by atoms with Gasteiger partial charge in [0.2, 0.25) is 0 Å². The summed E-state index contributed by atoms with van der Waals surface area (Å²) in [5.41, 5.74) is 1.26. The topological polar surface area (TPSA) is 46.5 Å². The highest BCUT2D eigenvalue weighted by molar-refractivity contribution is 5.89. The number of carbonyl (C=O) groups is 1. The maximum absolute atomic E-state index is 11.4. The zero-order chi connectivity index (χ0) is 13.5. The number of aliphatic hydroxyl groups excluding tert-OH is 1. The molecule has 0 bridgehead atoms. The van der Waals surface area contributed by atoms with E-state index in [0.717, 1.165) is 24.8 Å². The summed E-state index contributed by atoms with van der Waals surface area (Å²) in [6.07, 6.45) is 2.31. The molecule has 0 aliphatic carbocycles. The van der Waals surface area contributed by atoms with Crippen molar-refractivity contribution in [3.05, 3.63) is 35.4 Å². The minimum atomic E-state index is -0.506. The molecule has 0 radical (unpaired) electrons. The second-order valence-electron chi connectivity index (χ2n) is 4.96. The molecular weight excluding hydrogens is 228 g/mol. The molecule has 1 N–H and O–H groups in total. The summed E-state index contributed by atoms with van der Waals surface area (Å²) in [4.78, 5) is 11.4. The van der Waals surface area contributed by atoms with E-state index in [1.807, 2.05) is 6.07 Å². The smallest absolute Gasteiger partial charge is 0.337 e. The molecule has 0 aliphatic heterocycles. The Kier molecular flexibility index (Phi) is 5.86. The monoisotopic (exact) mass is 250 g/mol. The fourth-order valence-corrected chi connectivity index (χ4v) is 1.88. The van der Waals surface area contributed by atoms with Crippen molar-refractivity contribution < 1.29 is 14.6 Å². The van der Waals surface area contributed by atoms with Gasteiger partial charge >= 0.3 is 5.97 Å². The molecule has 3 heteroatoms. The molecule has 0 heterocycles. The van der Waals surface area contributed by atoms with Crippen molar-refractivity contribution in [1.82, 2.24) is 0 Å². The summed E-state index contributed by atoms with van der Waals surface area (Å²) < 4.78 is 4.66. The molecule has 18 heavy (non-hydrogen) atoms. The predicted molar refractivity (Wildman–Crippen MR) is 71.4 cm³/mol. The van der Waals surface area contributed by atoms with Gasteiger partial charge in [-0.3, -0.25) is 0 Å². The lowest BCUT2D eigenvalue weighted by Gasteiger charge is -2.12. The molecule has 0 spiro atoms. The first kappa shape index (κ1) is 14.7. The van der Waals surface area contributed by atoms with E-state index in [4.69, 9.17) is 0 Å². The minimum absolute atomic E-state index is 0.369. The van der Waals surface area contributed by atoms with Gasteiger partial charge in [-0.25, -0.2) is 4.79 Å². The van der Waals surface area contributed by atoms with Crippen LogP contribution in [0.5, 0.6) is 0 Å². The predicted octanol–water partition coefficient (Wildman–Crippen LogP) is 3.33. The van der Waals surface area contributed by atoms with Crippen LogP contribution in [0.15, 0.2) is 24.3 Å². The molecule has 0 aromatic heterocycles. The molecule has 1 unspecified atom stereocenters. The van der Waals surface area contributed by atoms with Crippen molar-refractivity contribution in [2.24, 2.45) is 5.92 Å².